The third-order valence-corrected chi connectivity index (χ3v) is 6.36. The summed E-state index contributed by atoms with van der Waals surface area (Å²) in [6.07, 6.45) is 0. The minimum Gasteiger partial charge on any atom is -0.489 e. The van der Waals surface area contributed by atoms with E-state index in [4.69, 9.17) is 19.3 Å². The number of thiazole rings is 1. The number of fused-ring (bicyclic) bond motifs is 1. The van der Waals surface area contributed by atoms with E-state index in [2.05, 4.69) is 4.98 Å². The van der Waals surface area contributed by atoms with Gasteiger partial charge in [0, 0.05) is 5.46 Å². The van der Waals surface area contributed by atoms with Gasteiger partial charge >= 0.3 is 7.12 Å². The van der Waals surface area contributed by atoms with Crippen LogP contribution < -0.4 is 10.2 Å². The van der Waals surface area contributed by atoms with Gasteiger partial charge in [-0.1, -0.05) is 12.1 Å². The first-order valence-electron chi connectivity index (χ1n) is 9.26. The molecule has 148 valence electrons. The highest BCUT2D eigenvalue weighted by Gasteiger charge is 2.52. The maximum atomic E-state index is 14.7. The Balaban J connectivity index is 1.47. The van der Waals surface area contributed by atoms with Gasteiger partial charge in [0.25, 0.3) is 0 Å². The third-order valence-electron chi connectivity index (χ3n) is 5.43. The second-order valence-electron chi connectivity index (χ2n) is 7.99. The van der Waals surface area contributed by atoms with Crippen LogP contribution in [0.3, 0.4) is 0 Å². The van der Waals surface area contributed by atoms with Crippen LogP contribution in [0.5, 0.6) is 5.75 Å². The van der Waals surface area contributed by atoms with Crippen molar-refractivity contribution in [3.05, 3.63) is 52.8 Å². The normalized spacial score (nSPS) is 17.4. The summed E-state index contributed by atoms with van der Waals surface area (Å²) in [5.41, 5.74) is 0.795. The first-order chi connectivity index (χ1) is 13.7. The minimum atomic E-state index is -0.738. The van der Waals surface area contributed by atoms with Crippen molar-refractivity contribution in [3.8, 4) is 11.8 Å². The summed E-state index contributed by atoms with van der Waals surface area (Å²) in [6.45, 7) is 7.97. The van der Waals surface area contributed by atoms with Crippen molar-refractivity contribution in [2.45, 2.75) is 45.5 Å². The molecule has 5 nitrogen and oxygen atoms in total. The number of ether oxygens (including phenoxy) is 1. The molecule has 4 rings (SSSR count). The summed E-state index contributed by atoms with van der Waals surface area (Å²) >= 11 is 1.31. The van der Waals surface area contributed by atoms with E-state index < -0.39 is 18.3 Å². The molecule has 1 saturated heterocycles. The van der Waals surface area contributed by atoms with Crippen LogP contribution in [0.2, 0.25) is 0 Å². The lowest BCUT2D eigenvalue weighted by atomic mass is 9.78. The largest absolute Gasteiger partial charge is 0.497 e. The number of hydrogen-bond donors (Lipinski definition) is 0. The van der Waals surface area contributed by atoms with Gasteiger partial charge in [0.2, 0.25) is 0 Å². The lowest BCUT2D eigenvalue weighted by molar-refractivity contribution is 0.00578. The molecule has 0 atom stereocenters. The van der Waals surface area contributed by atoms with E-state index in [0.29, 0.717) is 21.8 Å². The Labute approximate surface area is 173 Å². The zero-order valence-corrected chi connectivity index (χ0v) is 17.5. The van der Waals surface area contributed by atoms with Crippen LogP contribution in [0, 0.1) is 17.1 Å². The summed E-state index contributed by atoms with van der Waals surface area (Å²) in [5, 5.41) is 9.37. The molecule has 0 radical (unpaired) electrons. The van der Waals surface area contributed by atoms with Crippen LogP contribution in [-0.4, -0.2) is 23.3 Å². The average molecular weight is 410 g/mol. The molecule has 1 aliphatic rings. The van der Waals surface area contributed by atoms with Crippen molar-refractivity contribution in [2.75, 3.05) is 0 Å². The number of rotatable bonds is 4. The second-order valence-corrected chi connectivity index (χ2v) is 9.02. The lowest BCUT2D eigenvalue weighted by Crippen LogP contribution is -2.41. The quantitative estimate of drug-likeness (QED) is 0.604. The number of nitriles is 1. The summed E-state index contributed by atoms with van der Waals surface area (Å²) in [5.74, 6) is 0.252. The molecular formula is C21H20BFN2O3S. The first-order valence-corrected chi connectivity index (χ1v) is 10.1. The molecule has 1 fully saturated rings. The topological polar surface area (TPSA) is 64.4 Å². The lowest BCUT2D eigenvalue weighted by Gasteiger charge is -2.32. The average Bonchev–Trinajstić information content (AvgIpc) is 3.16. The molecule has 1 aliphatic heterocycles. The number of aromatic nitrogens is 1. The monoisotopic (exact) mass is 410 g/mol. The maximum Gasteiger partial charge on any atom is 0.497 e. The van der Waals surface area contributed by atoms with Gasteiger partial charge in [-0.15, -0.1) is 11.3 Å². The zero-order chi connectivity index (χ0) is 20.8. The van der Waals surface area contributed by atoms with Gasteiger partial charge in [-0.2, -0.15) is 5.26 Å². The Hall–Kier alpha value is -2.47. The van der Waals surface area contributed by atoms with E-state index >= 15 is 0 Å². The number of nitrogens with zero attached hydrogens (tertiary/aromatic N) is 2. The van der Waals surface area contributed by atoms with Crippen molar-refractivity contribution in [1.29, 1.82) is 5.26 Å². The summed E-state index contributed by atoms with van der Waals surface area (Å²) < 4.78 is 33.3. The Kier molecular flexibility index (Phi) is 4.85. The smallest absolute Gasteiger partial charge is 0.489 e. The van der Waals surface area contributed by atoms with Crippen LogP contribution in [0.4, 0.5) is 4.39 Å². The molecule has 0 N–H and O–H groups in total. The predicted octanol–water partition coefficient (Wildman–Crippen LogP) is 4.19. The molecule has 0 bridgehead atoms. The fourth-order valence-corrected chi connectivity index (χ4v) is 3.82. The van der Waals surface area contributed by atoms with Crippen LogP contribution in [-0.2, 0) is 15.9 Å². The fourth-order valence-electron chi connectivity index (χ4n) is 3.03. The van der Waals surface area contributed by atoms with Gasteiger partial charge < -0.3 is 14.0 Å². The molecule has 0 saturated carbocycles. The van der Waals surface area contributed by atoms with Gasteiger partial charge in [-0.05, 0) is 57.5 Å². The number of halogens is 1. The number of hydrogen-bond acceptors (Lipinski definition) is 6. The first kappa shape index (κ1) is 19.8. The Bertz CT molecular complexity index is 1110. The molecule has 0 amide bonds. The van der Waals surface area contributed by atoms with E-state index in [9.17, 15) is 4.39 Å². The summed E-state index contributed by atoms with van der Waals surface area (Å²) in [7, 11) is -0.738. The van der Waals surface area contributed by atoms with Crippen molar-refractivity contribution >= 4 is 34.1 Å². The highest BCUT2D eigenvalue weighted by atomic mass is 32.1. The molecule has 3 aromatic rings. The molecule has 8 heteroatoms. The van der Waals surface area contributed by atoms with Gasteiger partial charge in [0.1, 0.15) is 24.2 Å². The third kappa shape index (κ3) is 3.74. The van der Waals surface area contributed by atoms with E-state index in [-0.39, 0.29) is 12.4 Å². The molecule has 2 heterocycles. The Morgan fingerprint density at radius 3 is 2.52 bits per heavy atom. The standard InChI is InChI=1S/C21H20BFN2O3S/c1-20(2)21(3,4)28-22(27-20)15-7-5-13(9-16(15)23)12-26-14-6-8-17-18(10-14)29-19(11-24)25-17/h5-10H,12H2,1-4H3. The van der Waals surface area contributed by atoms with Crippen LogP contribution in [0.25, 0.3) is 10.2 Å². The zero-order valence-electron chi connectivity index (χ0n) is 16.7. The molecule has 0 aliphatic carbocycles. The van der Waals surface area contributed by atoms with E-state index in [1.807, 2.05) is 52.0 Å². The van der Waals surface area contributed by atoms with Gasteiger partial charge in [0.15, 0.2) is 5.01 Å². The van der Waals surface area contributed by atoms with Crippen molar-refractivity contribution in [3.63, 3.8) is 0 Å². The second kappa shape index (κ2) is 7.10. The number of benzene rings is 2. The van der Waals surface area contributed by atoms with Crippen LogP contribution in [0.1, 0.15) is 38.3 Å². The maximum absolute atomic E-state index is 14.7. The van der Waals surface area contributed by atoms with Gasteiger partial charge in [0.05, 0.1) is 21.4 Å². The Morgan fingerprint density at radius 2 is 1.86 bits per heavy atom. The van der Waals surface area contributed by atoms with Gasteiger partial charge in [-0.3, -0.25) is 0 Å². The molecule has 0 spiro atoms. The molecule has 2 aromatic carbocycles. The van der Waals surface area contributed by atoms with E-state index in [1.54, 1.807) is 12.1 Å². The molecule has 29 heavy (non-hydrogen) atoms. The van der Waals surface area contributed by atoms with Crippen LogP contribution >= 0.6 is 11.3 Å². The highest BCUT2D eigenvalue weighted by molar-refractivity contribution is 7.19. The van der Waals surface area contributed by atoms with Gasteiger partial charge in [-0.25, -0.2) is 9.37 Å². The van der Waals surface area contributed by atoms with Crippen molar-refractivity contribution in [2.24, 2.45) is 0 Å². The fraction of sp³-hybridized carbons (Fsp3) is 0.333. The molecule has 0 unspecified atom stereocenters. The van der Waals surface area contributed by atoms with E-state index in [1.165, 1.54) is 17.4 Å². The summed E-state index contributed by atoms with van der Waals surface area (Å²) in [6, 6.07) is 12.4. The summed E-state index contributed by atoms with van der Waals surface area (Å²) in [4.78, 5) is 4.20. The van der Waals surface area contributed by atoms with Crippen LogP contribution in [0.15, 0.2) is 36.4 Å². The van der Waals surface area contributed by atoms with Crippen molar-refractivity contribution in [1.82, 2.24) is 4.98 Å². The minimum absolute atomic E-state index is 0.218. The highest BCUT2D eigenvalue weighted by Crippen LogP contribution is 2.36. The predicted molar refractivity (Wildman–Crippen MR) is 111 cm³/mol. The van der Waals surface area contributed by atoms with Crippen molar-refractivity contribution < 1.29 is 18.4 Å². The molecule has 1 aromatic heterocycles. The SMILES string of the molecule is CC1(C)OB(c2ccc(COc3ccc4nc(C#N)sc4c3)cc2F)OC1(C)C. The van der Waals surface area contributed by atoms with E-state index in [0.717, 1.165) is 10.2 Å². The Morgan fingerprint density at radius 1 is 1.14 bits per heavy atom. The molecular weight excluding hydrogens is 390 g/mol.